The van der Waals surface area contributed by atoms with Crippen LogP contribution in [0.4, 0.5) is 0 Å². The van der Waals surface area contributed by atoms with Gasteiger partial charge >= 0.3 is 0 Å². The highest BCUT2D eigenvalue weighted by Gasteiger charge is 2.27. The van der Waals surface area contributed by atoms with Crippen molar-refractivity contribution in [1.29, 1.82) is 0 Å². The molecule has 2 rings (SSSR count). The SMILES string of the molecule is CC(C)(c1cc(Br)c(CCO)c(Br)c1)c1cc(Br)c(OCCO)c(Br)c1. The molecule has 0 aliphatic carbocycles. The molecule has 0 heterocycles. The van der Waals surface area contributed by atoms with Crippen LogP contribution in [0.1, 0.15) is 30.5 Å². The third-order valence-corrected chi connectivity index (χ3v) is 6.88. The maximum Gasteiger partial charge on any atom is 0.147 e. The fourth-order valence-electron chi connectivity index (χ4n) is 2.69. The van der Waals surface area contributed by atoms with Gasteiger partial charge in [0, 0.05) is 21.0 Å². The molecule has 2 N–H and O–H groups in total. The number of hydrogen-bond donors (Lipinski definition) is 2. The van der Waals surface area contributed by atoms with Gasteiger partial charge < -0.3 is 14.9 Å². The zero-order valence-electron chi connectivity index (χ0n) is 14.5. The van der Waals surface area contributed by atoms with Gasteiger partial charge in [-0.15, -0.1) is 0 Å². The minimum absolute atomic E-state index is 0.0334. The molecule has 0 saturated heterocycles. The molecule has 0 aliphatic heterocycles. The largest absolute Gasteiger partial charge is 0.489 e. The van der Waals surface area contributed by atoms with Crippen LogP contribution in [0.2, 0.25) is 0 Å². The van der Waals surface area contributed by atoms with Crippen molar-refractivity contribution in [3.05, 3.63) is 58.8 Å². The van der Waals surface area contributed by atoms with E-state index in [-0.39, 0.29) is 25.2 Å². The third-order valence-electron chi connectivity index (χ3n) is 4.28. The fourth-order valence-corrected chi connectivity index (χ4v) is 5.69. The van der Waals surface area contributed by atoms with E-state index in [1.165, 1.54) is 0 Å². The van der Waals surface area contributed by atoms with Crippen molar-refractivity contribution in [1.82, 2.24) is 0 Å². The van der Waals surface area contributed by atoms with Crippen LogP contribution in [-0.2, 0) is 11.8 Å². The summed E-state index contributed by atoms with van der Waals surface area (Å²) in [6, 6.07) is 8.29. The Hall–Kier alpha value is 0.0800. The summed E-state index contributed by atoms with van der Waals surface area (Å²) in [7, 11) is 0. The first kappa shape index (κ1) is 22.4. The Bertz CT molecular complexity index is 744. The van der Waals surface area contributed by atoms with Gasteiger partial charge in [-0.2, -0.15) is 0 Å². The van der Waals surface area contributed by atoms with E-state index in [1.54, 1.807) is 0 Å². The lowest BCUT2D eigenvalue weighted by molar-refractivity contribution is 0.200. The predicted molar refractivity (Wildman–Crippen MR) is 119 cm³/mol. The van der Waals surface area contributed by atoms with Crippen LogP contribution in [0.5, 0.6) is 5.75 Å². The zero-order chi connectivity index (χ0) is 19.5. The first-order valence-corrected chi connectivity index (χ1v) is 11.2. The number of benzene rings is 2. The summed E-state index contributed by atoms with van der Waals surface area (Å²) in [5, 5.41) is 18.2. The van der Waals surface area contributed by atoms with Crippen molar-refractivity contribution in [3.8, 4) is 5.75 Å². The third kappa shape index (κ3) is 4.92. The maximum atomic E-state index is 9.24. The molecule has 0 unspecified atom stereocenters. The van der Waals surface area contributed by atoms with Crippen LogP contribution in [0, 0.1) is 0 Å². The molecule has 0 amide bonds. The van der Waals surface area contributed by atoms with E-state index >= 15 is 0 Å². The van der Waals surface area contributed by atoms with Crippen LogP contribution in [0.25, 0.3) is 0 Å². The van der Waals surface area contributed by atoms with Gasteiger partial charge in [-0.05, 0) is 79.2 Å². The normalized spacial score (nSPS) is 11.7. The molecule has 0 radical (unpaired) electrons. The molecule has 0 atom stereocenters. The van der Waals surface area contributed by atoms with Gasteiger partial charge in [0.05, 0.1) is 15.6 Å². The summed E-state index contributed by atoms with van der Waals surface area (Å²) < 4.78 is 9.21. The monoisotopic (exact) mass is 612 g/mol. The molecule has 0 saturated carbocycles. The molecule has 142 valence electrons. The fraction of sp³-hybridized carbons (Fsp3) is 0.368. The van der Waals surface area contributed by atoms with Crippen molar-refractivity contribution in [2.75, 3.05) is 19.8 Å². The first-order valence-electron chi connectivity index (χ1n) is 8.04. The summed E-state index contributed by atoms with van der Waals surface area (Å²) in [5.74, 6) is 0.680. The minimum Gasteiger partial charge on any atom is -0.489 e. The van der Waals surface area contributed by atoms with E-state index in [4.69, 9.17) is 9.84 Å². The molecule has 3 nitrogen and oxygen atoms in total. The Morgan fingerprint density at radius 3 is 1.69 bits per heavy atom. The Labute approximate surface area is 187 Å². The lowest BCUT2D eigenvalue weighted by atomic mass is 9.78. The van der Waals surface area contributed by atoms with E-state index in [0.29, 0.717) is 12.2 Å². The molecule has 0 bridgehead atoms. The lowest BCUT2D eigenvalue weighted by Crippen LogP contribution is -2.20. The van der Waals surface area contributed by atoms with Crippen molar-refractivity contribution in [2.45, 2.75) is 25.7 Å². The number of hydrogen-bond acceptors (Lipinski definition) is 3. The van der Waals surface area contributed by atoms with Crippen LogP contribution in [0.15, 0.2) is 42.2 Å². The van der Waals surface area contributed by atoms with Gasteiger partial charge in [-0.1, -0.05) is 45.7 Å². The molecule has 0 aromatic heterocycles. The Balaban J connectivity index is 2.47. The second-order valence-corrected chi connectivity index (χ2v) is 9.78. The summed E-state index contributed by atoms with van der Waals surface area (Å²) in [4.78, 5) is 0. The Morgan fingerprint density at radius 2 is 1.27 bits per heavy atom. The van der Waals surface area contributed by atoms with Crippen LogP contribution >= 0.6 is 63.7 Å². The first-order chi connectivity index (χ1) is 12.2. The highest BCUT2D eigenvalue weighted by atomic mass is 79.9. The van der Waals surface area contributed by atoms with Gasteiger partial charge in [0.25, 0.3) is 0 Å². The lowest BCUT2D eigenvalue weighted by Gasteiger charge is -2.28. The van der Waals surface area contributed by atoms with Gasteiger partial charge in [0.2, 0.25) is 0 Å². The molecule has 26 heavy (non-hydrogen) atoms. The summed E-state index contributed by atoms with van der Waals surface area (Å²) >= 11 is 14.4. The van der Waals surface area contributed by atoms with E-state index in [1.807, 2.05) is 12.1 Å². The maximum absolute atomic E-state index is 9.24. The second kappa shape index (κ2) is 9.52. The molecule has 7 heteroatoms. The average molecular weight is 616 g/mol. The molecule has 0 aliphatic rings. The van der Waals surface area contributed by atoms with E-state index in [2.05, 4.69) is 89.7 Å². The number of aliphatic hydroxyl groups is 2. The van der Waals surface area contributed by atoms with Gasteiger partial charge in [0.15, 0.2) is 0 Å². The van der Waals surface area contributed by atoms with E-state index in [9.17, 15) is 5.11 Å². The zero-order valence-corrected chi connectivity index (χ0v) is 20.8. The van der Waals surface area contributed by atoms with Crippen LogP contribution in [-0.4, -0.2) is 30.0 Å². The van der Waals surface area contributed by atoms with E-state index in [0.717, 1.165) is 34.6 Å². The van der Waals surface area contributed by atoms with Crippen molar-refractivity contribution in [2.24, 2.45) is 0 Å². The molecular formula is C19H20Br4O3. The summed E-state index contributed by atoms with van der Waals surface area (Å²) in [5.41, 5.74) is 3.05. The van der Waals surface area contributed by atoms with Crippen LogP contribution < -0.4 is 4.74 Å². The Kier molecular flexibility index (Phi) is 8.19. The number of aliphatic hydroxyl groups excluding tert-OH is 2. The minimum atomic E-state index is -0.261. The molecule has 2 aromatic carbocycles. The highest BCUT2D eigenvalue weighted by Crippen LogP contribution is 2.42. The van der Waals surface area contributed by atoms with Gasteiger partial charge in [-0.3, -0.25) is 0 Å². The number of rotatable bonds is 7. The number of halogens is 4. The highest BCUT2D eigenvalue weighted by molar-refractivity contribution is 9.11. The number of ether oxygens (including phenoxy) is 1. The molecule has 0 spiro atoms. The van der Waals surface area contributed by atoms with Gasteiger partial charge in [0.1, 0.15) is 12.4 Å². The standard InChI is InChI=1S/C19H20Br4O3/c1-19(2,11-7-14(20)13(3-4-24)15(21)8-11)12-9-16(22)18(17(23)10-12)26-6-5-25/h7-10,24-25H,3-6H2,1-2H3. The molecule has 0 fully saturated rings. The quantitative estimate of drug-likeness (QED) is 0.404. The average Bonchev–Trinajstić information content (AvgIpc) is 2.57. The van der Waals surface area contributed by atoms with Crippen molar-refractivity contribution < 1.29 is 14.9 Å². The molecule has 2 aromatic rings. The van der Waals surface area contributed by atoms with Crippen molar-refractivity contribution >= 4 is 63.7 Å². The van der Waals surface area contributed by atoms with Gasteiger partial charge in [-0.25, -0.2) is 0 Å². The Morgan fingerprint density at radius 1 is 0.808 bits per heavy atom. The predicted octanol–water partition coefficient (Wildman–Crippen LogP) is 5.97. The molecular weight excluding hydrogens is 596 g/mol. The summed E-state index contributed by atoms with van der Waals surface area (Å²) in [6.45, 7) is 4.64. The topological polar surface area (TPSA) is 49.7 Å². The van der Waals surface area contributed by atoms with Crippen molar-refractivity contribution in [3.63, 3.8) is 0 Å². The van der Waals surface area contributed by atoms with E-state index < -0.39 is 0 Å². The van der Waals surface area contributed by atoms with Crippen LogP contribution in [0.3, 0.4) is 0 Å². The summed E-state index contributed by atoms with van der Waals surface area (Å²) in [6.07, 6.45) is 0.593. The smallest absolute Gasteiger partial charge is 0.147 e. The second-order valence-electron chi connectivity index (χ2n) is 6.36.